The molecule has 1 atom stereocenters. The third-order valence-electron chi connectivity index (χ3n) is 6.85. The summed E-state index contributed by atoms with van der Waals surface area (Å²) in [5.41, 5.74) is 0. The van der Waals surface area contributed by atoms with Crippen LogP contribution in [0.5, 0.6) is 0 Å². The summed E-state index contributed by atoms with van der Waals surface area (Å²) in [6, 6.07) is 0. The molecule has 2 aliphatic carbocycles. The van der Waals surface area contributed by atoms with Crippen LogP contribution in [-0.4, -0.2) is 36.1 Å². The van der Waals surface area contributed by atoms with Crippen molar-refractivity contribution in [3.63, 3.8) is 0 Å². The Morgan fingerprint density at radius 3 is 2.04 bits per heavy atom. The third kappa shape index (κ3) is 5.98. The van der Waals surface area contributed by atoms with E-state index in [4.69, 9.17) is 4.74 Å². The molecule has 1 aliphatic heterocycles. The van der Waals surface area contributed by atoms with Crippen LogP contribution in [-0.2, 0) is 9.53 Å². The van der Waals surface area contributed by atoms with Gasteiger partial charge in [0.2, 0.25) is 0 Å². The lowest BCUT2D eigenvalue weighted by atomic mass is 9.77. The van der Waals surface area contributed by atoms with E-state index in [1.165, 1.54) is 64.2 Å². The second-order valence-electron chi connectivity index (χ2n) is 8.90. The van der Waals surface area contributed by atoms with Crippen LogP contribution in [0.1, 0.15) is 96.8 Å². The second-order valence-corrected chi connectivity index (χ2v) is 8.90. The molecule has 0 N–H and O–H groups in total. The number of amides is 1. The van der Waals surface area contributed by atoms with Crippen LogP contribution in [0.4, 0.5) is 0 Å². The van der Waals surface area contributed by atoms with Gasteiger partial charge in [0.15, 0.2) is 0 Å². The Morgan fingerprint density at radius 1 is 0.840 bits per heavy atom. The number of nitrogens with zero attached hydrogens (tertiary/aromatic N) is 1. The van der Waals surface area contributed by atoms with Crippen molar-refractivity contribution in [3.8, 4) is 0 Å². The topological polar surface area (TPSA) is 29.5 Å². The van der Waals surface area contributed by atoms with Gasteiger partial charge in [0.05, 0.1) is 6.10 Å². The minimum absolute atomic E-state index is 0.228. The minimum atomic E-state index is -0.252. The molecule has 3 aliphatic rings. The molecule has 1 saturated heterocycles. The van der Waals surface area contributed by atoms with E-state index in [0.717, 1.165) is 50.6 Å². The van der Waals surface area contributed by atoms with E-state index >= 15 is 0 Å². The average Bonchev–Trinajstić information content (AvgIpc) is 2.93. The molecule has 1 amide bonds. The summed E-state index contributed by atoms with van der Waals surface area (Å²) < 4.78 is 6.19. The Balaban J connectivity index is 1.36. The number of carbonyl (C=O) groups excluding carboxylic acids is 1. The van der Waals surface area contributed by atoms with Crippen LogP contribution in [0.2, 0.25) is 0 Å². The molecule has 1 heterocycles. The molecule has 0 radical (unpaired) electrons. The molecular formula is C22H39NO2. The molecule has 0 aromatic heterocycles. The van der Waals surface area contributed by atoms with Gasteiger partial charge >= 0.3 is 0 Å². The SMILES string of the molecule is CC(OC1CCC(CC2CCCCC2)CC1)C(=O)N1CCCCCC1. The first-order chi connectivity index (χ1) is 12.2. The van der Waals surface area contributed by atoms with Crippen LogP contribution in [0.25, 0.3) is 0 Å². The Kier molecular flexibility index (Phi) is 7.64. The highest BCUT2D eigenvalue weighted by molar-refractivity contribution is 5.80. The zero-order valence-electron chi connectivity index (χ0n) is 16.4. The number of hydrogen-bond donors (Lipinski definition) is 0. The van der Waals surface area contributed by atoms with Crippen molar-refractivity contribution in [1.82, 2.24) is 4.90 Å². The van der Waals surface area contributed by atoms with Gasteiger partial charge in [0, 0.05) is 13.1 Å². The fourth-order valence-electron chi connectivity index (χ4n) is 5.29. The van der Waals surface area contributed by atoms with Crippen LogP contribution >= 0.6 is 0 Å². The van der Waals surface area contributed by atoms with Gasteiger partial charge in [-0.1, -0.05) is 44.9 Å². The van der Waals surface area contributed by atoms with Gasteiger partial charge in [0.1, 0.15) is 6.10 Å². The van der Waals surface area contributed by atoms with E-state index in [2.05, 4.69) is 0 Å². The number of rotatable bonds is 5. The maximum atomic E-state index is 12.7. The van der Waals surface area contributed by atoms with Crippen molar-refractivity contribution in [2.45, 2.75) is 109 Å². The number of ether oxygens (including phenoxy) is 1. The lowest BCUT2D eigenvalue weighted by Crippen LogP contribution is -2.41. The Bertz CT molecular complexity index is 389. The van der Waals surface area contributed by atoms with Gasteiger partial charge in [-0.2, -0.15) is 0 Å². The lowest BCUT2D eigenvalue weighted by molar-refractivity contribution is -0.147. The molecular weight excluding hydrogens is 310 g/mol. The molecule has 0 aromatic rings. The number of hydrogen-bond acceptors (Lipinski definition) is 2. The van der Waals surface area contributed by atoms with Gasteiger partial charge in [-0.3, -0.25) is 4.79 Å². The normalized spacial score (nSPS) is 30.7. The van der Waals surface area contributed by atoms with Crippen LogP contribution < -0.4 is 0 Å². The summed E-state index contributed by atoms with van der Waals surface area (Å²) in [4.78, 5) is 14.7. The molecule has 0 spiro atoms. The van der Waals surface area contributed by atoms with Crippen LogP contribution in [0.3, 0.4) is 0 Å². The molecule has 0 aromatic carbocycles. The summed E-state index contributed by atoms with van der Waals surface area (Å²) in [7, 11) is 0. The van der Waals surface area contributed by atoms with E-state index < -0.39 is 0 Å². The van der Waals surface area contributed by atoms with Gasteiger partial charge in [-0.05, 0) is 63.7 Å². The highest BCUT2D eigenvalue weighted by Gasteiger charge is 2.29. The zero-order chi connectivity index (χ0) is 17.5. The van der Waals surface area contributed by atoms with Crippen molar-refractivity contribution in [1.29, 1.82) is 0 Å². The number of carbonyl (C=O) groups is 1. The molecule has 1 unspecified atom stereocenters. The molecule has 3 nitrogen and oxygen atoms in total. The monoisotopic (exact) mass is 349 g/mol. The van der Waals surface area contributed by atoms with Crippen molar-refractivity contribution in [2.24, 2.45) is 11.8 Å². The maximum absolute atomic E-state index is 12.7. The van der Waals surface area contributed by atoms with Gasteiger partial charge in [0.25, 0.3) is 5.91 Å². The summed E-state index contributed by atoms with van der Waals surface area (Å²) in [6.07, 6.45) is 18.6. The summed E-state index contributed by atoms with van der Waals surface area (Å²) in [6.45, 7) is 3.84. The summed E-state index contributed by atoms with van der Waals surface area (Å²) in [5.74, 6) is 2.14. The van der Waals surface area contributed by atoms with Crippen molar-refractivity contribution in [3.05, 3.63) is 0 Å². The second kappa shape index (κ2) is 9.94. The molecule has 3 fully saturated rings. The molecule has 3 rings (SSSR count). The predicted octanol–water partition coefficient (Wildman–Crippen LogP) is 5.32. The zero-order valence-corrected chi connectivity index (χ0v) is 16.4. The van der Waals surface area contributed by atoms with Crippen molar-refractivity contribution >= 4 is 5.91 Å². The first kappa shape index (κ1) is 19.2. The summed E-state index contributed by atoms with van der Waals surface area (Å²) >= 11 is 0. The Morgan fingerprint density at radius 2 is 1.40 bits per heavy atom. The highest BCUT2D eigenvalue weighted by Crippen LogP contribution is 2.36. The molecule has 3 heteroatoms. The van der Waals surface area contributed by atoms with Crippen LogP contribution in [0, 0.1) is 11.8 Å². The van der Waals surface area contributed by atoms with E-state index in [1.807, 2.05) is 11.8 Å². The average molecular weight is 350 g/mol. The molecule has 144 valence electrons. The number of likely N-dealkylation sites (tertiary alicyclic amines) is 1. The largest absolute Gasteiger partial charge is 0.365 e. The van der Waals surface area contributed by atoms with E-state index in [0.29, 0.717) is 6.10 Å². The third-order valence-corrected chi connectivity index (χ3v) is 6.85. The van der Waals surface area contributed by atoms with Gasteiger partial charge in [-0.25, -0.2) is 0 Å². The van der Waals surface area contributed by atoms with E-state index in [1.54, 1.807) is 0 Å². The van der Waals surface area contributed by atoms with Gasteiger partial charge in [-0.15, -0.1) is 0 Å². The maximum Gasteiger partial charge on any atom is 0.251 e. The van der Waals surface area contributed by atoms with E-state index in [9.17, 15) is 4.79 Å². The molecule has 0 bridgehead atoms. The molecule has 2 saturated carbocycles. The Hall–Kier alpha value is -0.570. The van der Waals surface area contributed by atoms with Crippen molar-refractivity contribution in [2.75, 3.05) is 13.1 Å². The quantitative estimate of drug-likeness (QED) is 0.672. The van der Waals surface area contributed by atoms with Crippen LogP contribution in [0.15, 0.2) is 0 Å². The first-order valence-corrected chi connectivity index (χ1v) is 11.2. The molecule has 25 heavy (non-hydrogen) atoms. The smallest absolute Gasteiger partial charge is 0.251 e. The van der Waals surface area contributed by atoms with E-state index in [-0.39, 0.29) is 12.0 Å². The predicted molar refractivity (Wildman–Crippen MR) is 103 cm³/mol. The van der Waals surface area contributed by atoms with Gasteiger partial charge < -0.3 is 9.64 Å². The lowest BCUT2D eigenvalue weighted by Gasteiger charge is -2.34. The minimum Gasteiger partial charge on any atom is -0.365 e. The summed E-state index contributed by atoms with van der Waals surface area (Å²) in [5, 5.41) is 0. The Labute approximate surface area is 154 Å². The van der Waals surface area contributed by atoms with Crippen molar-refractivity contribution < 1.29 is 9.53 Å². The highest BCUT2D eigenvalue weighted by atomic mass is 16.5. The fourth-order valence-corrected chi connectivity index (χ4v) is 5.29. The fraction of sp³-hybridized carbons (Fsp3) is 0.955. The standard InChI is InChI=1S/C22H39NO2/c1-18(22(24)23-15-7-2-3-8-16-23)25-21-13-11-20(12-14-21)17-19-9-5-4-6-10-19/h18-21H,2-17H2,1H3. The first-order valence-electron chi connectivity index (χ1n) is 11.2.